The predicted octanol–water partition coefficient (Wildman–Crippen LogP) is 3.18. The van der Waals surface area contributed by atoms with Gasteiger partial charge in [0.1, 0.15) is 11.6 Å². The van der Waals surface area contributed by atoms with Crippen LogP contribution in [0.15, 0.2) is 30.3 Å². The number of hydrogen-bond acceptors (Lipinski definition) is 3. The van der Waals surface area contributed by atoms with Crippen LogP contribution in [0, 0.1) is 0 Å². The number of fused-ring (bicyclic) bond motifs is 1. The summed E-state index contributed by atoms with van der Waals surface area (Å²) < 4.78 is 0. The third-order valence-electron chi connectivity index (χ3n) is 3.95. The van der Waals surface area contributed by atoms with Gasteiger partial charge in [-0.1, -0.05) is 30.3 Å². The van der Waals surface area contributed by atoms with Crippen LogP contribution in [0.1, 0.15) is 35.5 Å². The van der Waals surface area contributed by atoms with Crippen molar-refractivity contribution in [3.63, 3.8) is 0 Å². The molecule has 20 heavy (non-hydrogen) atoms. The first-order chi connectivity index (χ1) is 9.86. The van der Waals surface area contributed by atoms with Crippen LogP contribution in [0.2, 0.25) is 0 Å². The molecule has 0 unspecified atom stereocenters. The molecule has 0 aliphatic heterocycles. The second-order valence-electron chi connectivity index (χ2n) is 5.36. The standard InChI is InChI=1S/C17H21N3/c1-18-17-14-9-5-6-10-15(14)19-16(20-17)12-11-13-7-3-2-4-8-13/h2-4,7-8H,5-6,9-12H2,1H3,(H,18,19,20). The SMILES string of the molecule is CNc1nc(CCc2ccccc2)nc2c1CCCC2. The number of aryl methyl sites for hydroxylation is 3. The van der Waals surface area contributed by atoms with E-state index in [1.54, 1.807) is 0 Å². The lowest BCUT2D eigenvalue weighted by molar-refractivity contribution is 0.654. The van der Waals surface area contributed by atoms with E-state index in [0.29, 0.717) is 0 Å². The van der Waals surface area contributed by atoms with E-state index in [1.165, 1.54) is 29.7 Å². The molecule has 3 rings (SSSR count). The van der Waals surface area contributed by atoms with Crippen LogP contribution in [-0.2, 0) is 25.7 Å². The molecule has 1 heterocycles. The molecule has 1 aliphatic carbocycles. The lowest BCUT2D eigenvalue weighted by Crippen LogP contribution is -2.13. The third kappa shape index (κ3) is 2.82. The quantitative estimate of drug-likeness (QED) is 0.924. The summed E-state index contributed by atoms with van der Waals surface area (Å²) in [7, 11) is 1.96. The smallest absolute Gasteiger partial charge is 0.132 e. The number of benzene rings is 1. The summed E-state index contributed by atoms with van der Waals surface area (Å²) in [4.78, 5) is 9.48. The van der Waals surface area contributed by atoms with Gasteiger partial charge in [0.05, 0.1) is 0 Å². The van der Waals surface area contributed by atoms with Crippen LogP contribution in [0.4, 0.5) is 5.82 Å². The number of nitrogens with one attached hydrogen (secondary N) is 1. The number of anilines is 1. The minimum Gasteiger partial charge on any atom is -0.373 e. The third-order valence-corrected chi connectivity index (χ3v) is 3.95. The van der Waals surface area contributed by atoms with Gasteiger partial charge in [-0.25, -0.2) is 9.97 Å². The van der Waals surface area contributed by atoms with Crippen LogP contribution in [0.3, 0.4) is 0 Å². The molecule has 2 aromatic rings. The van der Waals surface area contributed by atoms with Gasteiger partial charge in [0.25, 0.3) is 0 Å². The fourth-order valence-electron chi connectivity index (χ4n) is 2.86. The molecule has 1 N–H and O–H groups in total. The molecule has 0 radical (unpaired) electrons. The summed E-state index contributed by atoms with van der Waals surface area (Å²) in [6.45, 7) is 0. The van der Waals surface area contributed by atoms with Gasteiger partial charge in [0.15, 0.2) is 0 Å². The van der Waals surface area contributed by atoms with Crippen molar-refractivity contribution in [2.75, 3.05) is 12.4 Å². The van der Waals surface area contributed by atoms with Crippen molar-refractivity contribution in [2.24, 2.45) is 0 Å². The molecule has 0 fully saturated rings. The van der Waals surface area contributed by atoms with Crippen molar-refractivity contribution in [1.29, 1.82) is 0 Å². The topological polar surface area (TPSA) is 37.8 Å². The summed E-state index contributed by atoms with van der Waals surface area (Å²) in [5, 5.41) is 3.24. The molecule has 0 amide bonds. The Morgan fingerprint density at radius 3 is 2.60 bits per heavy atom. The maximum atomic E-state index is 4.79. The summed E-state index contributed by atoms with van der Waals surface area (Å²) >= 11 is 0. The van der Waals surface area contributed by atoms with E-state index in [9.17, 15) is 0 Å². The number of hydrogen-bond donors (Lipinski definition) is 1. The van der Waals surface area contributed by atoms with Gasteiger partial charge in [-0.05, 0) is 37.7 Å². The zero-order chi connectivity index (χ0) is 13.8. The molecule has 0 bridgehead atoms. The van der Waals surface area contributed by atoms with Gasteiger partial charge in [-0.15, -0.1) is 0 Å². The van der Waals surface area contributed by atoms with E-state index in [2.05, 4.69) is 35.6 Å². The second kappa shape index (κ2) is 6.04. The molecule has 0 spiro atoms. The Morgan fingerprint density at radius 2 is 1.80 bits per heavy atom. The lowest BCUT2D eigenvalue weighted by Gasteiger charge is -2.18. The number of aromatic nitrogens is 2. The van der Waals surface area contributed by atoms with Crippen molar-refractivity contribution in [3.05, 3.63) is 53.0 Å². The van der Waals surface area contributed by atoms with E-state index < -0.39 is 0 Å². The maximum Gasteiger partial charge on any atom is 0.132 e. The molecular formula is C17H21N3. The Labute approximate surface area is 120 Å². The van der Waals surface area contributed by atoms with Crippen LogP contribution in [-0.4, -0.2) is 17.0 Å². The van der Waals surface area contributed by atoms with Crippen molar-refractivity contribution in [3.8, 4) is 0 Å². The molecule has 0 saturated heterocycles. The van der Waals surface area contributed by atoms with E-state index in [-0.39, 0.29) is 0 Å². The van der Waals surface area contributed by atoms with Gasteiger partial charge >= 0.3 is 0 Å². The van der Waals surface area contributed by atoms with Gasteiger partial charge in [-0.2, -0.15) is 0 Å². The average Bonchev–Trinajstić information content (AvgIpc) is 2.53. The molecule has 0 atom stereocenters. The first-order valence-corrected chi connectivity index (χ1v) is 7.47. The fraction of sp³-hybridized carbons (Fsp3) is 0.412. The minimum absolute atomic E-state index is 0.909. The van der Waals surface area contributed by atoms with Crippen molar-refractivity contribution in [1.82, 2.24) is 9.97 Å². The summed E-state index contributed by atoms with van der Waals surface area (Å²) in [5.74, 6) is 2.01. The van der Waals surface area contributed by atoms with Gasteiger partial charge in [0.2, 0.25) is 0 Å². The van der Waals surface area contributed by atoms with E-state index in [0.717, 1.165) is 37.3 Å². The molecular weight excluding hydrogens is 246 g/mol. The summed E-state index contributed by atoms with van der Waals surface area (Å²) in [6.07, 6.45) is 6.64. The van der Waals surface area contributed by atoms with E-state index in [1.807, 2.05) is 7.05 Å². The highest BCUT2D eigenvalue weighted by atomic mass is 15.0. The monoisotopic (exact) mass is 267 g/mol. The molecule has 1 aliphatic rings. The average molecular weight is 267 g/mol. The highest BCUT2D eigenvalue weighted by Gasteiger charge is 2.16. The second-order valence-corrected chi connectivity index (χ2v) is 5.36. The van der Waals surface area contributed by atoms with Gasteiger partial charge in [0, 0.05) is 24.7 Å². The van der Waals surface area contributed by atoms with E-state index in [4.69, 9.17) is 9.97 Å². The lowest BCUT2D eigenvalue weighted by atomic mass is 9.96. The molecule has 3 nitrogen and oxygen atoms in total. The zero-order valence-electron chi connectivity index (χ0n) is 12.0. The number of rotatable bonds is 4. The Kier molecular flexibility index (Phi) is 3.95. The van der Waals surface area contributed by atoms with Crippen molar-refractivity contribution >= 4 is 5.82 Å². The van der Waals surface area contributed by atoms with Crippen molar-refractivity contribution < 1.29 is 0 Å². The summed E-state index contributed by atoms with van der Waals surface area (Å²) in [5.41, 5.74) is 3.95. The fourth-order valence-corrected chi connectivity index (χ4v) is 2.86. The highest BCUT2D eigenvalue weighted by Crippen LogP contribution is 2.25. The molecule has 1 aromatic heterocycles. The minimum atomic E-state index is 0.909. The Morgan fingerprint density at radius 1 is 1.00 bits per heavy atom. The molecule has 3 heteroatoms. The Balaban J connectivity index is 1.79. The van der Waals surface area contributed by atoms with Gasteiger partial charge in [-0.3, -0.25) is 0 Å². The molecule has 1 aromatic carbocycles. The van der Waals surface area contributed by atoms with E-state index >= 15 is 0 Å². The predicted molar refractivity (Wildman–Crippen MR) is 82.1 cm³/mol. The maximum absolute atomic E-state index is 4.79. The Hall–Kier alpha value is -1.90. The highest BCUT2D eigenvalue weighted by molar-refractivity contribution is 5.47. The summed E-state index contributed by atoms with van der Waals surface area (Å²) in [6, 6.07) is 10.6. The molecule has 0 saturated carbocycles. The van der Waals surface area contributed by atoms with Crippen LogP contribution >= 0.6 is 0 Å². The first-order valence-electron chi connectivity index (χ1n) is 7.47. The molecule has 104 valence electrons. The Bertz CT molecular complexity index is 561. The van der Waals surface area contributed by atoms with Crippen molar-refractivity contribution in [2.45, 2.75) is 38.5 Å². The van der Waals surface area contributed by atoms with Crippen LogP contribution in [0.5, 0.6) is 0 Å². The van der Waals surface area contributed by atoms with Crippen LogP contribution in [0.25, 0.3) is 0 Å². The van der Waals surface area contributed by atoms with Crippen LogP contribution < -0.4 is 5.32 Å². The first kappa shape index (κ1) is 13.1. The normalized spacial score (nSPS) is 13.8. The largest absolute Gasteiger partial charge is 0.373 e. The van der Waals surface area contributed by atoms with Gasteiger partial charge < -0.3 is 5.32 Å². The number of nitrogens with zero attached hydrogens (tertiary/aromatic N) is 2. The zero-order valence-corrected chi connectivity index (χ0v) is 12.0.